The Kier molecular flexibility index (Phi) is 4.58. The van der Waals surface area contributed by atoms with Gasteiger partial charge in [0.05, 0.1) is 0 Å². The van der Waals surface area contributed by atoms with E-state index in [2.05, 4.69) is 11.9 Å². The van der Waals surface area contributed by atoms with E-state index in [9.17, 15) is 9.59 Å². The molecule has 2 N–H and O–H groups in total. The third-order valence-electron chi connectivity index (χ3n) is 1.35. The zero-order valence-corrected chi connectivity index (χ0v) is 7.66. The number of rotatable bonds is 4. The minimum atomic E-state index is -1.08. The minimum Gasteiger partial charge on any atom is -0.478 e. The van der Waals surface area contributed by atoms with Gasteiger partial charge in [-0.25, -0.2) is 9.59 Å². The van der Waals surface area contributed by atoms with E-state index in [1.165, 1.54) is 7.05 Å². The Hall–Kier alpha value is -1.52. The van der Waals surface area contributed by atoms with Crippen LogP contribution in [0, 0.1) is 0 Å². The molecule has 0 rings (SSSR count). The first-order valence-electron chi connectivity index (χ1n) is 3.76. The molecule has 0 radical (unpaired) electrons. The lowest BCUT2D eigenvalue weighted by atomic mass is 10.1. The predicted molar refractivity (Wildman–Crippen MR) is 46.4 cm³/mol. The number of carboxylic acid groups (broad SMARTS) is 1. The number of carbonyl (C=O) groups is 2. The summed E-state index contributed by atoms with van der Waals surface area (Å²) in [6.07, 6.45) is -0.933. The van der Waals surface area contributed by atoms with Gasteiger partial charge in [-0.3, -0.25) is 0 Å². The van der Waals surface area contributed by atoms with Crippen LogP contribution < -0.4 is 5.32 Å². The van der Waals surface area contributed by atoms with Gasteiger partial charge in [0, 0.05) is 19.0 Å². The van der Waals surface area contributed by atoms with Crippen molar-refractivity contribution in [1.29, 1.82) is 0 Å². The first kappa shape index (κ1) is 11.5. The summed E-state index contributed by atoms with van der Waals surface area (Å²) in [5, 5.41) is 10.7. The summed E-state index contributed by atoms with van der Waals surface area (Å²) in [7, 11) is 1.43. The number of hydrogen-bond acceptors (Lipinski definition) is 3. The lowest BCUT2D eigenvalue weighted by Gasteiger charge is -2.11. The van der Waals surface area contributed by atoms with Gasteiger partial charge < -0.3 is 15.2 Å². The molecule has 0 aliphatic heterocycles. The second-order valence-electron chi connectivity index (χ2n) is 2.58. The molecule has 0 saturated carbocycles. The monoisotopic (exact) mass is 187 g/mol. The zero-order chi connectivity index (χ0) is 10.4. The summed E-state index contributed by atoms with van der Waals surface area (Å²) in [5.74, 6) is -1.08. The average molecular weight is 187 g/mol. The smallest absolute Gasteiger partial charge is 0.407 e. The van der Waals surface area contributed by atoms with E-state index in [4.69, 9.17) is 9.84 Å². The first-order chi connectivity index (χ1) is 5.97. The molecule has 0 spiro atoms. The standard InChI is InChI=1S/C8H13NO4/c1-5(7(10)11)4-6(2)13-8(12)9-3/h6H,1,4H2,2-3H3,(H,9,12)(H,10,11). The van der Waals surface area contributed by atoms with Crippen LogP contribution in [0.1, 0.15) is 13.3 Å². The maximum absolute atomic E-state index is 10.7. The molecule has 0 bridgehead atoms. The highest BCUT2D eigenvalue weighted by molar-refractivity contribution is 5.85. The lowest BCUT2D eigenvalue weighted by molar-refractivity contribution is -0.133. The summed E-state index contributed by atoms with van der Waals surface area (Å²) in [6, 6.07) is 0. The molecule has 1 atom stereocenters. The van der Waals surface area contributed by atoms with Crippen LogP contribution in [0.5, 0.6) is 0 Å². The predicted octanol–water partition coefficient (Wildman–Crippen LogP) is 0.762. The molecule has 0 aromatic rings. The van der Waals surface area contributed by atoms with Crippen molar-refractivity contribution in [2.45, 2.75) is 19.4 Å². The summed E-state index contributed by atoms with van der Waals surface area (Å²) in [4.78, 5) is 21.0. The number of aliphatic carboxylic acids is 1. The van der Waals surface area contributed by atoms with Crippen LogP contribution >= 0.6 is 0 Å². The average Bonchev–Trinajstić information content (AvgIpc) is 2.03. The quantitative estimate of drug-likeness (QED) is 0.637. The van der Waals surface area contributed by atoms with Crippen molar-refractivity contribution in [1.82, 2.24) is 5.32 Å². The molecule has 0 aromatic heterocycles. The van der Waals surface area contributed by atoms with Crippen LogP contribution in [0.2, 0.25) is 0 Å². The van der Waals surface area contributed by atoms with Crippen molar-refractivity contribution < 1.29 is 19.4 Å². The van der Waals surface area contributed by atoms with E-state index in [1.807, 2.05) is 0 Å². The van der Waals surface area contributed by atoms with Gasteiger partial charge in [0.1, 0.15) is 6.10 Å². The maximum Gasteiger partial charge on any atom is 0.407 e. The van der Waals surface area contributed by atoms with E-state index >= 15 is 0 Å². The van der Waals surface area contributed by atoms with Gasteiger partial charge in [-0.05, 0) is 6.92 Å². The van der Waals surface area contributed by atoms with Gasteiger partial charge in [-0.1, -0.05) is 6.58 Å². The van der Waals surface area contributed by atoms with Crippen LogP contribution in [0.15, 0.2) is 12.2 Å². The fraction of sp³-hybridized carbons (Fsp3) is 0.500. The highest BCUT2D eigenvalue weighted by Gasteiger charge is 2.12. The molecule has 0 aromatic carbocycles. The summed E-state index contributed by atoms with van der Waals surface area (Å²) < 4.78 is 4.75. The summed E-state index contributed by atoms with van der Waals surface area (Å²) in [5.41, 5.74) is 0.0244. The molecule has 1 amide bonds. The maximum atomic E-state index is 10.7. The van der Waals surface area contributed by atoms with E-state index in [0.29, 0.717) is 0 Å². The zero-order valence-electron chi connectivity index (χ0n) is 7.66. The van der Waals surface area contributed by atoms with Gasteiger partial charge >= 0.3 is 12.1 Å². The molecule has 5 nitrogen and oxygen atoms in total. The SMILES string of the molecule is C=C(CC(C)OC(=O)NC)C(=O)O. The Bertz CT molecular complexity index is 224. The fourth-order valence-electron chi connectivity index (χ4n) is 0.718. The van der Waals surface area contributed by atoms with E-state index in [1.54, 1.807) is 6.92 Å². The fourth-order valence-corrected chi connectivity index (χ4v) is 0.718. The molecule has 0 fully saturated rings. The van der Waals surface area contributed by atoms with Gasteiger partial charge in [0.2, 0.25) is 0 Å². The Morgan fingerprint density at radius 3 is 2.54 bits per heavy atom. The number of ether oxygens (including phenoxy) is 1. The second-order valence-corrected chi connectivity index (χ2v) is 2.58. The molecule has 1 unspecified atom stereocenters. The molecule has 0 saturated heterocycles. The molecule has 5 heteroatoms. The van der Waals surface area contributed by atoms with Crippen LogP contribution in [0.3, 0.4) is 0 Å². The van der Waals surface area contributed by atoms with Crippen LogP contribution in [-0.2, 0) is 9.53 Å². The van der Waals surface area contributed by atoms with Crippen LogP contribution in [0.25, 0.3) is 0 Å². The molecule has 0 aliphatic carbocycles. The number of carboxylic acids is 1. The van der Waals surface area contributed by atoms with Crippen molar-refractivity contribution in [2.75, 3.05) is 7.05 Å². The van der Waals surface area contributed by atoms with Crippen molar-refractivity contribution >= 4 is 12.1 Å². The van der Waals surface area contributed by atoms with E-state index in [0.717, 1.165) is 0 Å². The van der Waals surface area contributed by atoms with Crippen LogP contribution in [-0.4, -0.2) is 30.3 Å². The number of alkyl carbamates (subject to hydrolysis) is 1. The lowest BCUT2D eigenvalue weighted by Crippen LogP contribution is -2.25. The van der Waals surface area contributed by atoms with E-state index in [-0.39, 0.29) is 12.0 Å². The third kappa shape index (κ3) is 4.84. The van der Waals surface area contributed by atoms with Gasteiger partial charge in [0.15, 0.2) is 0 Å². The summed E-state index contributed by atoms with van der Waals surface area (Å²) in [6.45, 7) is 4.92. The highest BCUT2D eigenvalue weighted by Crippen LogP contribution is 2.06. The summed E-state index contributed by atoms with van der Waals surface area (Å²) >= 11 is 0. The largest absolute Gasteiger partial charge is 0.478 e. The van der Waals surface area contributed by atoms with Gasteiger partial charge in [-0.2, -0.15) is 0 Å². The number of carbonyl (C=O) groups excluding carboxylic acids is 1. The topological polar surface area (TPSA) is 75.6 Å². The number of hydrogen-bond donors (Lipinski definition) is 2. The molecular weight excluding hydrogens is 174 g/mol. The minimum absolute atomic E-state index is 0.0244. The normalized spacial score (nSPS) is 11.5. The van der Waals surface area contributed by atoms with Crippen molar-refractivity contribution in [3.8, 4) is 0 Å². The van der Waals surface area contributed by atoms with E-state index < -0.39 is 18.2 Å². The van der Waals surface area contributed by atoms with Crippen LogP contribution in [0.4, 0.5) is 4.79 Å². The van der Waals surface area contributed by atoms with Crippen molar-refractivity contribution in [2.24, 2.45) is 0 Å². The third-order valence-corrected chi connectivity index (χ3v) is 1.35. The van der Waals surface area contributed by atoms with Crippen molar-refractivity contribution in [3.05, 3.63) is 12.2 Å². The number of amides is 1. The molecular formula is C8H13NO4. The van der Waals surface area contributed by atoms with Gasteiger partial charge in [0.25, 0.3) is 0 Å². The molecule has 0 aliphatic rings. The number of nitrogens with one attached hydrogen (secondary N) is 1. The van der Waals surface area contributed by atoms with Gasteiger partial charge in [-0.15, -0.1) is 0 Å². The Balaban J connectivity index is 3.87. The second kappa shape index (κ2) is 5.18. The molecule has 0 heterocycles. The highest BCUT2D eigenvalue weighted by atomic mass is 16.6. The van der Waals surface area contributed by atoms with Crippen molar-refractivity contribution in [3.63, 3.8) is 0 Å². The Morgan fingerprint density at radius 1 is 1.62 bits per heavy atom. The Labute approximate surface area is 76.4 Å². The molecule has 74 valence electrons. The molecule has 13 heavy (non-hydrogen) atoms. The Morgan fingerprint density at radius 2 is 2.15 bits per heavy atom. The first-order valence-corrected chi connectivity index (χ1v) is 3.76.